The summed E-state index contributed by atoms with van der Waals surface area (Å²) in [6.07, 6.45) is 3.99. The van der Waals surface area contributed by atoms with E-state index in [9.17, 15) is 9.59 Å². The number of carboxylic acid groups (broad SMARTS) is 1. The predicted molar refractivity (Wildman–Crippen MR) is 67.0 cm³/mol. The van der Waals surface area contributed by atoms with E-state index >= 15 is 0 Å². The number of amides is 1. The number of hydrogen-bond donors (Lipinski definition) is 2. The van der Waals surface area contributed by atoms with Crippen molar-refractivity contribution in [1.29, 1.82) is 0 Å². The quantitative estimate of drug-likeness (QED) is 0.804. The van der Waals surface area contributed by atoms with Gasteiger partial charge in [0.2, 0.25) is 5.91 Å². The van der Waals surface area contributed by atoms with Gasteiger partial charge in [0.1, 0.15) is 0 Å². The van der Waals surface area contributed by atoms with Crippen LogP contribution in [0.5, 0.6) is 0 Å². The Kier molecular flexibility index (Phi) is 4.31. The molecule has 1 aliphatic carbocycles. The van der Waals surface area contributed by atoms with Crippen molar-refractivity contribution in [3.8, 4) is 0 Å². The Labute approximate surface area is 106 Å². The van der Waals surface area contributed by atoms with E-state index in [0.717, 1.165) is 30.8 Å². The van der Waals surface area contributed by atoms with Crippen LogP contribution >= 0.6 is 11.8 Å². The number of rotatable bonds is 3. The third-order valence-electron chi connectivity index (χ3n) is 3.72. The Hall–Kier alpha value is -0.710. The van der Waals surface area contributed by atoms with Crippen LogP contribution in [0, 0.1) is 11.8 Å². The standard InChI is InChI=1S/C12H19NO3S/c14-11(9-5-6-17-7-9)13-10-3-1-8(2-4-10)12(15)16/h8-10H,1-7H2,(H,13,14)(H,15,16). The Morgan fingerprint density at radius 2 is 1.76 bits per heavy atom. The largest absolute Gasteiger partial charge is 0.481 e. The zero-order valence-corrected chi connectivity index (χ0v) is 10.7. The van der Waals surface area contributed by atoms with Crippen LogP contribution in [0.4, 0.5) is 0 Å². The van der Waals surface area contributed by atoms with Gasteiger partial charge >= 0.3 is 5.97 Å². The van der Waals surface area contributed by atoms with E-state index in [1.807, 2.05) is 11.8 Å². The van der Waals surface area contributed by atoms with E-state index in [1.54, 1.807) is 0 Å². The number of carbonyl (C=O) groups excluding carboxylic acids is 1. The third kappa shape index (κ3) is 3.37. The minimum atomic E-state index is -0.693. The third-order valence-corrected chi connectivity index (χ3v) is 4.89. The van der Waals surface area contributed by atoms with Crippen LogP contribution in [0.1, 0.15) is 32.1 Å². The van der Waals surface area contributed by atoms with Crippen molar-refractivity contribution in [1.82, 2.24) is 5.32 Å². The average Bonchev–Trinajstić information content (AvgIpc) is 2.83. The number of carboxylic acids is 1. The summed E-state index contributed by atoms with van der Waals surface area (Å²) in [4.78, 5) is 22.7. The van der Waals surface area contributed by atoms with Crippen LogP contribution in [0.15, 0.2) is 0 Å². The van der Waals surface area contributed by atoms with Gasteiger partial charge in [-0.25, -0.2) is 0 Å². The maximum absolute atomic E-state index is 11.9. The summed E-state index contributed by atoms with van der Waals surface area (Å²) in [5.41, 5.74) is 0. The first kappa shape index (κ1) is 12.7. The minimum Gasteiger partial charge on any atom is -0.481 e. The Balaban J connectivity index is 1.74. The molecule has 0 aromatic rings. The molecule has 2 aliphatic rings. The summed E-state index contributed by atoms with van der Waals surface area (Å²) in [6.45, 7) is 0. The summed E-state index contributed by atoms with van der Waals surface area (Å²) >= 11 is 1.84. The molecule has 1 atom stereocenters. The van der Waals surface area contributed by atoms with E-state index in [2.05, 4.69) is 5.32 Å². The molecule has 96 valence electrons. The highest BCUT2D eigenvalue weighted by Gasteiger charge is 2.29. The normalized spacial score (nSPS) is 33.3. The van der Waals surface area contributed by atoms with Crippen LogP contribution in [0.2, 0.25) is 0 Å². The van der Waals surface area contributed by atoms with Gasteiger partial charge in [-0.1, -0.05) is 0 Å². The fraction of sp³-hybridized carbons (Fsp3) is 0.833. The zero-order valence-electron chi connectivity index (χ0n) is 9.85. The van der Waals surface area contributed by atoms with Gasteiger partial charge in [0, 0.05) is 17.7 Å². The molecule has 1 heterocycles. The first-order chi connectivity index (χ1) is 8.16. The van der Waals surface area contributed by atoms with Gasteiger partial charge in [0.05, 0.1) is 5.92 Å². The summed E-state index contributed by atoms with van der Waals surface area (Å²) in [5.74, 6) is 1.48. The number of thioether (sulfide) groups is 1. The lowest BCUT2D eigenvalue weighted by Gasteiger charge is -2.27. The number of nitrogens with one attached hydrogen (secondary N) is 1. The highest BCUT2D eigenvalue weighted by atomic mass is 32.2. The second-order valence-electron chi connectivity index (χ2n) is 4.96. The summed E-state index contributed by atoms with van der Waals surface area (Å²) in [5, 5.41) is 12.0. The molecule has 2 N–H and O–H groups in total. The van der Waals surface area contributed by atoms with Gasteiger partial charge in [-0.05, 0) is 37.9 Å². The topological polar surface area (TPSA) is 66.4 Å². The molecule has 5 heteroatoms. The number of carbonyl (C=O) groups is 2. The molecule has 0 bridgehead atoms. The molecule has 1 unspecified atom stereocenters. The van der Waals surface area contributed by atoms with Gasteiger partial charge in [-0.3, -0.25) is 9.59 Å². The second kappa shape index (κ2) is 5.76. The maximum Gasteiger partial charge on any atom is 0.306 e. The monoisotopic (exact) mass is 257 g/mol. The van der Waals surface area contributed by atoms with E-state index in [4.69, 9.17) is 5.11 Å². The summed E-state index contributed by atoms with van der Waals surface area (Å²) in [6, 6.07) is 0.198. The molecule has 1 saturated carbocycles. The molecule has 4 nitrogen and oxygen atoms in total. The van der Waals surface area contributed by atoms with Gasteiger partial charge in [-0.15, -0.1) is 0 Å². The van der Waals surface area contributed by atoms with Crippen LogP contribution < -0.4 is 5.32 Å². The molecule has 0 radical (unpaired) electrons. The number of aliphatic carboxylic acids is 1. The first-order valence-electron chi connectivity index (χ1n) is 6.27. The van der Waals surface area contributed by atoms with Crippen LogP contribution in [0.25, 0.3) is 0 Å². The Morgan fingerprint density at radius 1 is 1.06 bits per heavy atom. The van der Waals surface area contributed by atoms with E-state index < -0.39 is 5.97 Å². The van der Waals surface area contributed by atoms with Crippen molar-refractivity contribution < 1.29 is 14.7 Å². The summed E-state index contributed by atoms with van der Waals surface area (Å²) < 4.78 is 0. The van der Waals surface area contributed by atoms with Crippen molar-refractivity contribution in [3.63, 3.8) is 0 Å². The van der Waals surface area contributed by atoms with Crippen LogP contribution in [-0.4, -0.2) is 34.5 Å². The molecule has 1 amide bonds. The molecule has 2 fully saturated rings. The maximum atomic E-state index is 11.9. The van der Waals surface area contributed by atoms with Crippen molar-refractivity contribution in [2.24, 2.45) is 11.8 Å². The van der Waals surface area contributed by atoms with Gasteiger partial charge < -0.3 is 10.4 Å². The molecule has 1 saturated heterocycles. The lowest BCUT2D eigenvalue weighted by atomic mass is 9.86. The van der Waals surface area contributed by atoms with Gasteiger partial charge in [-0.2, -0.15) is 11.8 Å². The molecule has 0 aromatic carbocycles. The van der Waals surface area contributed by atoms with Crippen molar-refractivity contribution in [2.75, 3.05) is 11.5 Å². The molecular formula is C12H19NO3S. The molecule has 1 aliphatic heterocycles. The van der Waals surface area contributed by atoms with E-state index in [1.165, 1.54) is 0 Å². The van der Waals surface area contributed by atoms with E-state index in [-0.39, 0.29) is 23.8 Å². The molecule has 0 aromatic heterocycles. The first-order valence-corrected chi connectivity index (χ1v) is 7.43. The summed E-state index contributed by atoms with van der Waals surface area (Å²) in [7, 11) is 0. The van der Waals surface area contributed by atoms with Gasteiger partial charge in [0.15, 0.2) is 0 Å². The fourth-order valence-electron chi connectivity index (χ4n) is 2.55. The molecule has 2 rings (SSSR count). The molecule has 17 heavy (non-hydrogen) atoms. The highest BCUT2D eigenvalue weighted by molar-refractivity contribution is 7.99. The minimum absolute atomic E-state index is 0.175. The van der Waals surface area contributed by atoms with Crippen molar-refractivity contribution in [2.45, 2.75) is 38.1 Å². The predicted octanol–water partition coefficient (Wildman–Crippen LogP) is 1.50. The lowest BCUT2D eigenvalue weighted by Crippen LogP contribution is -2.41. The lowest BCUT2D eigenvalue weighted by molar-refractivity contribution is -0.142. The van der Waals surface area contributed by atoms with Crippen molar-refractivity contribution >= 4 is 23.6 Å². The Morgan fingerprint density at radius 3 is 2.29 bits per heavy atom. The average molecular weight is 257 g/mol. The van der Waals surface area contributed by atoms with Crippen LogP contribution in [0.3, 0.4) is 0 Å². The Bertz CT molecular complexity index is 294. The van der Waals surface area contributed by atoms with Gasteiger partial charge in [0.25, 0.3) is 0 Å². The highest BCUT2D eigenvalue weighted by Crippen LogP contribution is 2.27. The second-order valence-corrected chi connectivity index (χ2v) is 6.11. The van der Waals surface area contributed by atoms with E-state index in [0.29, 0.717) is 12.8 Å². The number of hydrogen-bond acceptors (Lipinski definition) is 3. The zero-order chi connectivity index (χ0) is 12.3. The van der Waals surface area contributed by atoms with Crippen molar-refractivity contribution in [3.05, 3.63) is 0 Å². The molecule has 0 spiro atoms. The van der Waals surface area contributed by atoms with Crippen LogP contribution in [-0.2, 0) is 9.59 Å². The fourth-order valence-corrected chi connectivity index (χ4v) is 3.77. The molecular weight excluding hydrogens is 238 g/mol. The smallest absolute Gasteiger partial charge is 0.306 e. The SMILES string of the molecule is O=C(O)C1CCC(NC(=O)C2CCSC2)CC1.